The first kappa shape index (κ1) is 24.9. The molecule has 0 aliphatic heterocycles. The van der Waals surface area contributed by atoms with Gasteiger partial charge in [-0.1, -0.05) is 53.6 Å². The molecule has 1 amide bonds. The van der Waals surface area contributed by atoms with E-state index < -0.39 is 28.4 Å². The van der Waals surface area contributed by atoms with Crippen LogP contribution in [0.4, 0.5) is 5.69 Å². The van der Waals surface area contributed by atoms with Crippen LogP contribution in [0, 0.1) is 13.8 Å². The molecule has 3 aromatic carbocycles. The SMILES string of the molecule is Cc1ccc(S(=O)(=O)N(CC(=O)N/N=C\c2ccccc2C(=O)O)c2cc(Cl)ccc2C)cc1. The summed E-state index contributed by atoms with van der Waals surface area (Å²) in [5.41, 5.74) is 4.30. The third-order valence-electron chi connectivity index (χ3n) is 4.92. The van der Waals surface area contributed by atoms with E-state index in [4.69, 9.17) is 11.6 Å². The van der Waals surface area contributed by atoms with Gasteiger partial charge in [-0.15, -0.1) is 0 Å². The van der Waals surface area contributed by atoms with E-state index in [2.05, 4.69) is 10.5 Å². The maximum absolute atomic E-state index is 13.5. The number of carbonyl (C=O) groups is 2. The molecule has 0 radical (unpaired) electrons. The average molecular weight is 500 g/mol. The smallest absolute Gasteiger partial charge is 0.336 e. The number of benzene rings is 3. The molecule has 8 nitrogen and oxygen atoms in total. The van der Waals surface area contributed by atoms with Crippen molar-refractivity contribution in [3.63, 3.8) is 0 Å². The molecule has 0 aromatic heterocycles. The van der Waals surface area contributed by atoms with Crippen molar-refractivity contribution < 1.29 is 23.1 Å². The number of carboxylic acid groups (broad SMARTS) is 1. The zero-order valence-corrected chi connectivity index (χ0v) is 20.0. The Bertz CT molecular complexity index is 1360. The van der Waals surface area contributed by atoms with Crippen LogP contribution in [0.3, 0.4) is 0 Å². The van der Waals surface area contributed by atoms with Crippen LogP contribution in [0.1, 0.15) is 27.0 Å². The van der Waals surface area contributed by atoms with Crippen LogP contribution in [0.2, 0.25) is 5.02 Å². The predicted octanol–water partition coefficient (Wildman–Crippen LogP) is 4.00. The summed E-state index contributed by atoms with van der Waals surface area (Å²) in [6, 6.07) is 17.2. The number of hydrogen-bond donors (Lipinski definition) is 2. The quantitative estimate of drug-likeness (QED) is 0.359. The van der Waals surface area contributed by atoms with Crippen LogP contribution in [-0.4, -0.2) is 38.2 Å². The lowest BCUT2D eigenvalue weighted by molar-refractivity contribution is -0.119. The number of rotatable bonds is 8. The molecule has 0 bridgehead atoms. The van der Waals surface area contributed by atoms with Gasteiger partial charge < -0.3 is 5.11 Å². The Morgan fingerprint density at radius 2 is 1.74 bits per heavy atom. The van der Waals surface area contributed by atoms with Crippen molar-refractivity contribution in [1.82, 2.24) is 5.43 Å². The van der Waals surface area contributed by atoms with Crippen molar-refractivity contribution in [2.45, 2.75) is 18.7 Å². The summed E-state index contributed by atoms with van der Waals surface area (Å²) in [5.74, 6) is -1.86. The van der Waals surface area contributed by atoms with Gasteiger partial charge in [-0.2, -0.15) is 5.10 Å². The molecule has 0 atom stereocenters. The maximum Gasteiger partial charge on any atom is 0.336 e. The predicted molar refractivity (Wildman–Crippen MR) is 131 cm³/mol. The molecule has 2 N–H and O–H groups in total. The van der Waals surface area contributed by atoms with Gasteiger partial charge in [-0.05, 0) is 49.7 Å². The number of sulfonamides is 1. The zero-order valence-electron chi connectivity index (χ0n) is 18.4. The van der Waals surface area contributed by atoms with Crippen LogP contribution in [0.15, 0.2) is 76.7 Å². The van der Waals surface area contributed by atoms with Crippen molar-refractivity contribution in [2.24, 2.45) is 5.10 Å². The highest BCUT2D eigenvalue weighted by molar-refractivity contribution is 7.92. The number of nitrogens with zero attached hydrogens (tertiary/aromatic N) is 2. The standard InChI is InChI=1S/C24H22ClN3O5S/c1-16-7-11-20(12-8-16)34(32,33)28(22-13-19(25)10-9-17(22)2)15-23(29)27-26-14-18-5-3-4-6-21(18)24(30)31/h3-14H,15H2,1-2H3,(H,27,29)(H,30,31)/b26-14-. The van der Waals surface area contributed by atoms with E-state index in [1.54, 1.807) is 43.3 Å². The second-order valence-corrected chi connectivity index (χ2v) is 9.74. The molecule has 0 spiro atoms. The van der Waals surface area contributed by atoms with E-state index in [0.717, 1.165) is 9.87 Å². The van der Waals surface area contributed by atoms with Crippen LogP contribution in [0.25, 0.3) is 0 Å². The van der Waals surface area contributed by atoms with E-state index in [0.29, 0.717) is 10.6 Å². The van der Waals surface area contributed by atoms with Gasteiger partial charge in [0.05, 0.1) is 22.4 Å². The highest BCUT2D eigenvalue weighted by atomic mass is 35.5. The number of aryl methyl sites for hydroxylation is 2. The third-order valence-corrected chi connectivity index (χ3v) is 6.93. The van der Waals surface area contributed by atoms with E-state index in [9.17, 15) is 23.1 Å². The number of aromatic carboxylic acids is 1. The van der Waals surface area contributed by atoms with E-state index in [-0.39, 0.29) is 21.7 Å². The molecule has 3 rings (SSSR count). The largest absolute Gasteiger partial charge is 0.478 e. The van der Waals surface area contributed by atoms with Gasteiger partial charge in [-0.25, -0.2) is 18.6 Å². The molecule has 34 heavy (non-hydrogen) atoms. The zero-order chi connectivity index (χ0) is 24.9. The van der Waals surface area contributed by atoms with Gasteiger partial charge in [0, 0.05) is 10.6 Å². The number of anilines is 1. The maximum atomic E-state index is 13.5. The monoisotopic (exact) mass is 499 g/mol. The Labute approximate surface area is 202 Å². The first-order chi connectivity index (χ1) is 16.1. The lowest BCUT2D eigenvalue weighted by Gasteiger charge is -2.25. The molecule has 0 saturated carbocycles. The number of halogens is 1. The summed E-state index contributed by atoms with van der Waals surface area (Å²) in [5, 5.41) is 13.4. The summed E-state index contributed by atoms with van der Waals surface area (Å²) >= 11 is 6.11. The lowest BCUT2D eigenvalue weighted by atomic mass is 10.1. The Morgan fingerprint density at radius 3 is 2.41 bits per heavy atom. The molecule has 10 heteroatoms. The fourth-order valence-electron chi connectivity index (χ4n) is 3.13. The first-order valence-electron chi connectivity index (χ1n) is 10.1. The molecule has 0 aliphatic carbocycles. The van der Waals surface area contributed by atoms with Crippen molar-refractivity contribution in [3.8, 4) is 0 Å². The Kier molecular flexibility index (Phi) is 7.70. The van der Waals surface area contributed by atoms with Gasteiger partial charge in [0.2, 0.25) is 0 Å². The summed E-state index contributed by atoms with van der Waals surface area (Å²) in [6.45, 7) is 2.97. The number of carbonyl (C=O) groups excluding carboxylic acids is 1. The molecule has 176 valence electrons. The molecule has 0 fully saturated rings. The minimum Gasteiger partial charge on any atom is -0.478 e. The van der Waals surface area contributed by atoms with Crippen LogP contribution in [-0.2, 0) is 14.8 Å². The molecule has 0 saturated heterocycles. The van der Waals surface area contributed by atoms with Crippen molar-refractivity contribution in [3.05, 3.63) is 94.0 Å². The second-order valence-electron chi connectivity index (χ2n) is 7.44. The minimum atomic E-state index is -4.12. The van der Waals surface area contributed by atoms with E-state index in [1.807, 2.05) is 6.92 Å². The Hall–Kier alpha value is -3.69. The summed E-state index contributed by atoms with van der Waals surface area (Å²) in [6.07, 6.45) is 1.19. The number of carboxylic acids is 1. The van der Waals surface area contributed by atoms with Crippen molar-refractivity contribution in [1.29, 1.82) is 0 Å². The van der Waals surface area contributed by atoms with Crippen molar-refractivity contribution >= 4 is 45.4 Å². The highest BCUT2D eigenvalue weighted by Crippen LogP contribution is 2.29. The summed E-state index contributed by atoms with van der Waals surface area (Å²) < 4.78 is 27.9. The second kappa shape index (κ2) is 10.5. The summed E-state index contributed by atoms with van der Waals surface area (Å²) in [4.78, 5) is 24.0. The summed E-state index contributed by atoms with van der Waals surface area (Å²) in [7, 11) is -4.12. The van der Waals surface area contributed by atoms with Gasteiger partial charge in [-0.3, -0.25) is 9.10 Å². The molecule has 3 aromatic rings. The van der Waals surface area contributed by atoms with E-state index >= 15 is 0 Å². The molecular weight excluding hydrogens is 478 g/mol. The van der Waals surface area contributed by atoms with Gasteiger partial charge >= 0.3 is 5.97 Å². The normalized spacial score (nSPS) is 11.4. The highest BCUT2D eigenvalue weighted by Gasteiger charge is 2.28. The third kappa shape index (κ3) is 5.81. The van der Waals surface area contributed by atoms with Crippen LogP contribution < -0.4 is 9.73 Å². The first-order valence-corrected chi connectivity index (χ1v) is 11.9. The Balaban J connectivity index is 1.90. The van der Waals surface area contributed by atoms with Gasteiger partial charge in [0.25, 0.3) is 15.9 Å². The topological polar surface area (TPSA) is 116 Å². The number of hydrazone groups is 1. The number of nitrogens with one attached hydrogen (secondary N) is 1. The van der Waals surface area contributed by atoms with Crippen molar-refractivity contribution in [2.75, 3.05) is 10.8 Å². The lowest BCUT2D eigenvalue weighted by Crippen LogP contribution is -2.40. The van der Waals surface area contributed by atoms with Gasteiger partial charge in [0.1, 0.15) is 6.54 Å². The molecule has 0 aliphatic rings. The van der Waals surface area contributed by atoms with E-state index in [1.165, 1.54) is 36.5 Å². The molecular formula is C24H22ClN3O5S. The number of hydrogen-bond acceptors (Lipinski definition) is 5. The fraction of sp³-hybridized carbons (Fsp3) is 0.125. The molecule has 0 heterocycles. The average Bonchev–Trinajstić information content (AvgIpc) is 2.79. The Morgan fingerprint density at radius 1 is 1.06 bits per heavy atom. The van der Waals surface area contributed by atoms with Gasteiger partial charge in [0.15, 0.2) is 0 Å². The molecule has 0 unspecified atom stereocenters. The minimum absolute atomic E-state index is 0.0126. The number of amides is 1. The fourth-order valence-corrected chi connectivity index (χ4v) is 4.78. The van der Waals surface area contributed by atoms with Crippen LogP contribution in [0.5, 0.6) is 0 Å². The van der Waals surface area contributed by atoms with Crippen LogP contribution >= 0.6 is 11.6 Å².